The van der Waals surface area contributed by atoms with Gasteiger partial charge in [0.1, 0.15) is 6.10 Å². The average molecular weight is 455 g/mol. The van der Waals surface area contributed by atoms with Crippen LogP contribution in [-0.4, -0.2) is 76.3 Å². The number of hydrogen-bond donors (Lipinski definition) is 4. The molecular formula is C24H42N2O6. The highest BCUT2D eigenvalue weighted by molar-refractivity contribution is 5.77. The third-order valence-corrected chi connectivity index (χ3v) is 8.63. The number of likely N-dealkylation sites (tertiary alicyclic amines) is 1. The monoisotopic (exact) mass is 454 g/mol. The fraction of sp³-hybridized carbons (Fsp3) is 0.917. The second-order valence-electron chi connectivity index (χ2n) is 11.0. The van der Waals surface area contributed by atoms with E-state index in [4.69, 9.17) is 4.74 Å². The van der Waals surface area contributed by atoms with Gasteiger partial charge >= 0.3 is 6.09 Å². The largest absolute Gasteiger partial charge is 0.446 e. The van der Waals surface area contributed by atoms with Gasteiger partial charge in [0, 0.05) is 24.4 Å². The van der Waals surface area contributed by atoms with Gasteiger partial charge < -0.3 is 30.3 Å². The van der Waals surface area contributed by atoms with Crippen LogP contribution in [-0.2, 0) is 9.53 Å². The summed E-state index contributed by atoms with van der Waals surface area (Å²) in [6.45, 7) is 8.35. The molecular weight excluding hydrogens is 412 g/mol. The van der Waals surface area contributed by atoms with Crippen molar-refractivity contribution in [3.05, 3.63) is 0 Å². The molecule has 8 heteroatoms. The van der Waals surface area contributed by atoms with Crippen molar-refractivity contribution in [2.24, 2.45) is 22.7 Å². The number of carbonyl (C=O) groups excluding carboxylic acids is 2. The van der Waals surface area contributed by atoms with E-state index in [1.165, 1.54) is 0 Å². The maximum atomic E-state index is 13.2. The summed E-state index contributed by atoms with van der Waals surface area (Å²) in [7, 11) is 0. The van der Waals surface area contributed by atoms with Crippen LogP contribution in [0, 0.1) is 22.7 Å². The Balaban J connectivity index is 1.80. The molecule has 32 heavy (non-hydrogen) atoms. The topological polar surface area (TPSA) is 119 Å². The third kappa shape index (κ3) is 4.64. The van der Waals surface area contributed by atoms with Crippen molar-refractivity contribution in [3.8, 4) is 0 Å². The van der Waals surface area contributed by atoms with Crippen molar-refractivity contribution in [3.63, 3.8) is 0 Å². The van der Waals surface area contributed by atoms with Gasteiger partial charge in [0.15, 0.2) is 0 Å². The minimum absolute atomic E-state index is 0.00661. The summed E-state index contributed by atoms with van der Waals surface area (Å²) >= 11 is 0. The van der Waals surface area contributed by atoms with E-state index in [1.807, 2.05) is 20.8 Å². The number of carbonyl (C=O) groups is 2. The van der Waals surface area contributed by atoms with Crippen molar-refractivity contribution in [2.45, 2.75) is 96.9 Å². The predicted molar refractivity (Wildman–Crippen MR) is 120 cm³/mol. The van der Waals surface area contributed by atoms with Gasteiger partial charge in [-0.2, -0.15) is 0 Å². The van der Waals surface area contributed by atoms with Crippen LogP contribution in [0.1, 0.15) is 72.6 Å². The molecule has 3 aliphatic rings. The van der Waals surface area contributed by atoms with E-state index >= 15 is 0 Å². The molecule has 0 spiro atoms. The summed E-state index contributed by atoms with van der Waals surface area (Å²) in [4.78, 5) is 27.2. The van der Waals surface area contributed by atoms with E-state index in [9.17, 15) is 24.9 Å². The first-order valence-electron chi connectivity index (χ1n) is 12.2. The minimum atomic E-state index is -0.649. The van der Waals surface area contributed by atoms with Crippen molar-refractivity contribution >= 4 is 12.0 Å². The lowest BCUT2D eigenvalue weighted by Gasteiger charge is -2.60. The molecule has 0 aromatic rings. The smallest absolute Gasteiger partial charge is 0.407 e. The van der Waals surface area contributed by atoms with Crippen molar-refractivity contribution in [1.82, 2.24) is 10.2 Å². The molecule has 8 nitrogen and oxygen atoms in total. The molecule has 3 rings (SSSR count). The molecule has 0 radical (unpaired) electrons. The number of nitrogens with one attached hydrogen (secondary N) is 1. The van der Waals surface area contributed by atoms with Gasteiger partial charge in [0.05, 0.1) is 25.4 Å². The zero-order valence-electron chi connectivity index (χ0n) is 20.0. The highest BCUT2D eigenvalue weighted by Gasteiger charge is 2.60. The Bertz CT molecular complexity index is 687. The van der Waals surface area contributed by atoms with Gasteiger partial charge in [-0.25, -0.2) is 4.79 Å². The summed E-state index contributed by atoms with van der Waals surface area (Å²) in [6, 6.07) is -0.163. The van der Waals surface area contributed by atoms with Crippen LogP contribution in [0.4, 0.5) is 4.79 Å². The Morgan fingerprint density at radius 3 is 2.50 bits per heavy atom. The Morgan fingerprint density at radius 2 is 1.88 bits per heavy atom. The first-order chi connectivity index (χ1) is 15.1. The first kappa shape index (κ1) is 25.2. The van der Waals surface area contributed by atoms with E-state index in [1.54, 1.807) is 4.90 Å². The fourth-order valence-electron chi connectivity index (χ4n) is 6.84. The van der Waals surface area contributed by atoms with E-state index in [0.29, 0.717) is 32.2 Å². The van der Waals surface area contributed by atoms with Crippen LogP contribution < -0.4 is 5.32 Å². The van der Waals surface area contributed by atoms with Crippen LogP contribution >= 0.6 is 0 Å². The molecule has 2 aliphatic carbocycles. The summed E-state index contributed by atoms with van der Waals surface area (Å²) < 4.78 is 5.78. The van der Waals surface area contributed by atoms with Crippen molar-refractivity contribution < 1.29 is 29.6 Å². The zero-order valence-corrected chi connectivity index (χ0v) is 20.0. The maximum absolute atomic E-state index is 13.2. The summed E-state index contributed by atoms with van der Waals surface area (Å²) in [5, 5.41) is 33.8. The summed E-state index contributed by atoms with van der Waals surface area (Å²) in [5.74, 6) is -0.225. The molecule has 1 heterocycles. The lowest BCUT2D eigenvalue weighted by molar-refractivity contribution is -0.187. The number of amides is 2. The SMILES string of the molecule is CC(C)NC(=O)OC1CCC2(C)C(CC(=O)N3CCCC3CO)C(O)CCC2C1(C)CO. The van der Waals surface area contributed by atoms with Crippen LogP contribution in [0.5, 0.6) is 0 Å². The second-order valence-corrected chi connectivity index (χ2v) is 11.0. The van der Waals surface area contributed by atoms with Crippen molar-refractivity contribution in [2.75, 3.05) is 19.8 Å². The zero-order chi connectivity index (χ0) is 23.7. The van der Waals surface area contributed by atoms with E-state index in [-0.39, 0.29) is 54.9 Å². The molecule has 7 unspecified atom stereocenters. The third-order valence-electron chi connectivity index (χ3n) is 8.63. The van der Waals surface area contributed by atoms with Gasteiger partial charge in [-0.1, -0.05) is 13.8 Å². The van der Waals surface area contributed by atoms with Crippen molar-refractivity contribution in [1.29, 1.82) is 0 Å². The van der Waals surface area contributed by atoms with Gasteiger partial charge in [-0.15, -0.1) is 0 Å². The molecule has 0 aromatic heterocycles. The Morgan fingerprint density at radius 1 is 1.16 bits per heavy atom. The lowest BCUT2D eigenvalue weighted by Crippen LogP contribution is -2.61. The fourth-order valence-corrected chi connectivity index (χ4v) is 6.84. The summed E-state index contributed by atoms with van der Waals surface area (Å²) in [5.41, 5.74) is -1.00. The molecule has 0 aromatic carbocycles. The van der Waals surface area contributed by atoms with E-state index in [2.05, 4.69) is 12.2 Å². The summed E-state index contributed by atoms with van der Waals surface area (Å²) in [6.07, 6.45) is 3.04. The van der Waals surface area contributed by atoms with E-state index < -0.39 is 23.7 Å². The number of rotatable bonds is 6. The van der Waals surface area contributed by atoms with Gasteiger partial charge in [-0.05, 0) is 69.6 Å². The van der Waals surface area contributed by atoms with Crippen LogP contribution in [0.15, 0.2) is 0 Å². The highest BCUT2D eigenvalue weighted by Crippen LogP contribution is 2.61. The van der Waals surface area contributed by atoms with Crippen LogP contribution in [0.3, 0.4) is 0 Å². The Hall–Kier alpha value is -1.38. The number of ether oxygens (including phenoxy) is 1. The molecule has 7 atom stereocenters. The lowest BCUT2D eigenvalue weighted by atomic mass is 9.46. The molecule has 0 bridgehead atoms. The molecule has 184 valence electrons. The molecule has 2 amide bonds. The molecule has 1 aliphatic heterocycles. The quantitative estimate of drug-likeness (QED) is 0.488. The normalized spacial score (nSPS) is 39.6. The molecule has 3 fully saturated rings. The minimum Gasteiger partial charge on any atom is -0.446 e. The second kappa shape index (κ2) is 9.85. The first-order valence-corrected chi connectivity index (χ1v) is 12.2. The highest BCUT2D eigenvalue weighted by atomic mass is 16.6. The van der Waals surface area contributed by atoms with Gasteiger partial charge in [-0.3, -0.25) is 4.79 Å². The molecule has 4 N–H and O–H groups in total. The van der Waals surface area contributed by atoms with Crippen LogP contribution in [0.2, 0.25) is 0 Å². The number of hydrogen-bond acceptors (Lipinski definition) is 6. The van der Waals surface area contributed by atoms with Gasteiger partial charge in [0.25, 0.3) is 0 Å². The molecule has 2 saturated carbocycles. The number of nitrogens with zero attached hydrogens (tertiary/aromatic N) is 1. The number of aliphatic hydroxyl groups excluding tert-OH is 3. The Kier molecular flexibility index (Phi) is 7.77. The molecule has 1 saturated heterocycles. The Labute approximate surface area is 191 Å². The average Bonchev–Trinajstić information content (AvgIpc) is 3.21. The maximum Gasteiger partial charge on any atom is 0.407 e. The van der Waals surface area contributed by atoms with Crippen LogP contribution in [0.25, 0.3) is 0 Å². The standard InChI is InChI=1S/C24H42N2O6/c1-15(2)25-22(31)32-20-9-10-23(3)17(12-21(30)26-11-5-6-16(26)13-27)18(29)7-8-19(23)24(20,4)14-28/h15-20,27-29H,5-14H2,1-4H3,(H,25,31). The predicted octanol–water partition coefficient (Wildman–Crippen LogP) is 2.05. The van der Waals surface area contributed by atoms with Gasteiger partial charge in [0.2, 0.25) is 5.91 Å². The number of aliphatic hydroxyl groups is 3. The number of alkyl carbamates (subject to hydrolysis) is 1. The van der Waals surface area contributed by atoms with E-state index in [0.717, 1.165) is 12.8 Å². The number of fused-ring (bicyclic) bond motifs is 1.